The highest BCUT2D eigenvalue weighted by atomic mass is 16.1. The van der Waals surface area contributed by atoms with Crippen molar-refractivity contribution in [3.05, 3.63) is 82.3 Å². The van der Waals surface area contributed by atoms with Gasteiger partial charge >= 0.3 is 0 Å². The summed E-state index contributed by atoms with van der Waals surface area (Å²) >= 11 is 0. The highest BCUT2D eigenvalue weighted by molar-refractivity contribution is 5.29. The molecular formula is C20H31NO. The van der Waals surface area contributed by atoms with E-state index in [1.807, 2.05) is 71.0 Å². The van der Waals surface area contributed by atoms with E-state index in [0.29, 0.717) is 0 Å². The van der Waals surface area contributed by atoms with Gasteiger partial charge in [-0.3, -0.25) is 4.79 Å². The smallest absolute Gasteiger partial charge is 0.251 e. The minimum Gasteiger partial charge on any atom is -0.329 e. The lowest BCUT2D eigenvalue weighted by Crippen LogP contribution is -2.12. The van der Waals surface area contributed by atoms with Crippen LogP contribution >= 0.6 is 0 Å². The van der Waals surface area contributed by atoms with E-state index in [4.69, 9.17) is 0 Å². The molecule has 0 saturated carbocycles. The Labute approximate surface area is 135 Å². The zero-order valence-electron chi connectivity index (χ0n) is 14.9. The summed E-state index contributed by atoms with van der Waals surface area (Å²) < 4.78 is 0. The number of allylic oxidation sites excluding steroid dienone is 1. The predicted octanol–water partition coefficient (Wildman–Crippen LogP) is 5.46. The van der Waals surface area contributed by atoms with Crippen molar-refractivity contribution in [2.24, 2.45) is 0 Å². The van der Waals surface area contributed by atoms with Gasteiger partial charge in [0.25, 0.3) is 5.56 Å². The Morgan fingerprint density at radius 3 is 1.68 bits per heavy atom. The van der Waals surface area contributed by atoms with Gasteiger partial charge in [0.15, 0.2) is 0 Å². The van der Waals surface area contributed by atoms with Crippen molar-refractivity contribution in [2.45, 2.75) is 48.0 Å². The van der Waals surface area contributed by atoms with E-state index in [1.165, 1.54) is 5.56 Å². The van der Waals surface area contributed by atoms with Gasteiger partial charge < -0.3 is 4.98 Å². The van der Waals surface area contributed by atoms with Crippen LogP contribution in [-0.4, -0.2) is 4.98 Å². The number of aryl methyl sites for hydroxylation is 1. The van der Waals surface area contributed by atoms with Crippen molar-refractivity contribution in [2.75, 3.05) is 0 Å². The lowest BCUT2D eigenvalue weighted by Gasteiger charge is -2.03. The number of benzene rings is 1. The van der Waals surface area contributed by atoms with Crippen LogP contribution in [0.4, 0.5) is 0 Å². The van der Waals surface area contributed by atoms with Crippen LogP contribution in [0, 0.1) is 13.8 Å². The maximum Gasteiger partial charge on any atom is 0.251 e. The second-order valence-electron chi connectivity index (χ2n) is 4.31. The average molecular weight is 301 g/mol. The van der Waals surface area contributed by atoms with Gasteiger partial charge in [0.05, 0.1) is 0 Å². The van der Waals surface area contributed by atoms with E-state index in [-0.39, 0.29) is 5.56 Å². The maximum absolute atomic E-state index is 11.1. The number of hydrogen-bond donors (Lipinski definition) is 1. The molecule has 0 aliphatic rings. The molecule has 2 nitrogen and oxygen atoms in total. The molecule has 0 spiro atoms. The van der Waals surface area contributed by atoms with Crippen molar-refractivity contribution < 1.29 is 0 Å². The first-order valence-electron chi connectivity index (χ1n) is 7.83. The monoisotopic (exact) mass is 301 g/mol. The zero-order chi connectivity index (χ0) is 17.4. The summed E-state index contributed by atoms with van der Waals surface area (Å²) in [7, 11) is 0. The summed E-state index contributed by atoms with van der Waals surface area (Å²) in [6.07, 6.45) is 4.52. The Morgan fingerprint density at radius 1 is 1.00 bits per heavy atom. The third kappa shape index (κ3) is 9.76. The molecule has 0 unspecified atom stereocenters. The molecule has 1 N–H and O–H groups in total. The summed E-state index contributed by atoms with van der Waals surface area (Å²) in [5, 5.41) is 0. The van der Waals surface area contributed by atoms with E-state index in [1.54, 1.807) is 12.3 Å². The molecule has 0 amide bonds. The molecule has 2 rings (SSSR count). The van der Waals surface area contributed by atoms with Crippen LogP contribution in [0.15, 0.2) is 60.0 Å². The second kappa shape index (κ2) is 15.3. The molecule has 0 aliphatic heterocycles. The lowest BCUT2D eigenvalue weighted by molar-refractivity contribution is 1.03. The normalized spacial score (nSPS) is 8.09. The molecule has 0 saturated heterocycles. The molecule has 2 heteroatoms. The predicted molar refractivity (Wildman–Crippen MR) is 99.6 cm³/mol. The first-order valence-corrected chi connectivity index (χ1v) is 7.83. The molecule has 1 aromatic heterocycles. The van der Waals surface area contributed by atoms with Crippen molar-refractivity contribution in [3.8, 4) is 0 Å². The number of hydrogen-bond acceptors (Lipinski definition) is 1. The molecule has 0 aliphatic carbocycles. The quantitative estimate of drug-likeness (QED) is 0.697. The molecule has 0 fully saturated rings. The number of aromatic nitrogens is 1. The van der Waals surface area contributed by atoms with Crippen LogP contribution in [0.3, 0.4) is 0 Å². The van der Waals surface area contributed by atoms with E-state index >= 15 is 0 Å². The van der Waals surface area contributed by atoms with E-state index in [2.05, 4.69) is 18.5 Å². The van der Waals surface area contributed by atoms with Gasteiger partial charge in [0.1, 0.15) is 0 Å². The lowest BCUT2D eigenvalue weighted by atomic mass is 10.1. The van der Waals surface area contributed by atoms with Gasteiger partial charge in [-0.2, -0.15) is 0 Å². The summed E-state index contributed by atoms with van der Waals surface area (Å²) in [4.78, 5) is 13.8. The molecule has 0 radical (unpaired) electrons. The van der Waals surface area contributed by atoms with E-state index in [0.717, 1.165) is 17.5 Å². The Kier molecular flexibility index (Phi) is 15.4. The minimum atomic E-state index is 0.0275. The zero-order valence-corrected chi connectivity index (χ0v) is 14.9. The largest absolute Gasteiger partial charge is 0.329 e. The standard InChI is InChI=1S/C9H13NO.C6H6.C3H6.C2H6/c1-4-8-5-10-9(11)7(3)6(8)2;1-2-4-6-5-3-1;1-3-2;1-2/h5H,4H2,1-3H3,(H,10,11);1-6H;3H,1H2,2H3;1-2H3. The third-order valence-corrected chi connectivity index (χ3v) is 2.81. The number of H-pyrrole nitrogens is 1. The number of pyridine rings is 1. The van der Waals surface area contributed by atoms with Crippen molar-refractivity contribution in [1.29, 1.82) is 0 Å². The fraction of sp³-hybridized carbons (Fsp3) is 0.350. The summed E-state index contributed by atoms with van der Waals surface area (Å²) in [6.45, 7) is 15.2. The third-order valence-electron chi connectivity index (χ3n) is 2.81. The molecule has 0 atom stereocenters. The number of aromatic amines is 1. The van der Waals surface area contributed by atoms with E-state index < -0.39 is 0 Å². The summed E-state index contributed by atoms with van der Waals surface area (Å²) in [5.74, 6) is 0. The molecular weight excluding hydrogens is 270 g/mol. The molecule has 2 aromatic rings. The van der Waals surface area contributed by atoms with Crippen LogP contribution in [0.25, 0.3) is 0 Å². The topological polar surface area (TPSA) is 32.9 Å². The minimum absolute atomic E-state index is 0.0275. The number of rotatable bonds is 1. The first-order chi connectivity index (χ1) is 10.6. The Bertz CT molecular complexity index is 515. The van der Waals surface area contributed by atoms with E-state index in [9.17, 15) is 4.79 Å². The van der Waals surface area contributed by atoms with Crippen LogP contribution in [0.5, 0.6) is 0 Å². The molecule has 22 heavy (non-hydrogen) atoms. The van der Waals surface area contributed by atoms with Crippen molar-refractivity contribution >= 4 is 0 Å². The summed E-state index contributed by atoms with van der Waals surface area (Å²) in [6, 6.07) is 12.0. The Hall–Kier alpha value is -2.09. The van der Waals surface area contributed by atoms with Gasteiger partial charge in [0, 0.05) is 11.8 Å². The second-order valence-corrected chi connectivity index (χ2v) is 4.31. The fourth-order valence-electron chi connectivity index (χ4n) is 1.53. The van der Waals surface area contributed by atoms with Crippen LogP contribution in [-0.2, 0) is 6.42 Å². The average Bonchev–Trinajstić information content (AvgIpc) is 2.58. The van der Waals surface area contributed by atoms with Crippen LogP contribution < -0.4 is 5.56 Å². The van der Waals surface area contributed by atoms with Gasteiger partial charge in [-0.1, -0.05) is 63.2 Å². The van der Waals surface area contributed by atoms with Gasteiger partial charge in [-0.05, 0) is 38.3 Å². The molecule has 0 bridgehead atoms. The fourth-order valence-corrected chi connectivity index (χ4v) is 1.53. The summed E-state index contributed by atoms with van der Waals surface area (Å²) in [5.41, 5.74) is 3.21. The highest BCUT2D eigenvalue weighted by Gasteiger charge is 2.01. The maximum atomic E-state index is 11.1. The Morgan fingerprint density at radius 2 is 1.36 bits per heavy atom. The van der Waals surface area contributed by atoms with Crippen LogP contribution in [0.2, 0.25) is 0 Å². The van der Waals surface area contributed by atoms with Crippen LogP contribution in [0.1, 0.15) is 44.4 Å². The van der Waals surface area contributed by atoms with Crippen molar-refractivity contribution in [1.82, 2.24) is 4.98 Å². The molecule has 1 aromatic carbocycles. The first kappa shape index (κ1) is 22.2. The molecule has 1 heterocycles. The van der Waals surface area contributed by atoms with Gasteiger partial charge in [-0.15, -0.1) is 6.58 Å². The van der Waals surface area contributed by atoms with Gasteiger partial charge in [-0.25, -0.2) is 0 Å². The molecule has 122 valence electrons. The highest BCUT2D eigenvalue weighted by Crippen LogP contribution is 2.07. The number of nitrogens with one attached hydrogen (secondary N) is 1. The SMILES string of the molecule is C=CC.CC.CCc1c[nH]c(=O)c(C)c1C.c1ccccc1. The van der Waals surface area contributed by atoms with Gasteiger partial charge in [0.2, 0.25) is 0 Å². The Balaban J connectivity index is 0. The van der Waals surface area contributed by atoms with Crippen molar-refractivity contribution in [3.63, 3.8) is 0 Å².